The van der Waals surface area contributed by atoms with Crippen LogP contribution in [0.1, 0.15) is 6.92 Å². The van der Waals surface area contributed by atoms with Gasteiger partial charge in [0.1, 0.15) is 0 Å². The van der Waals surface area contributed by atoms with E-state index in [4.69, 9.17) is 16.3 Å². The van der Waals surface area contributed by atoms with Crippen LogP contribution in [0.25, 0.3) is 0 Å². The first-order valence-electron chi connectivity index (χ1n) is 3.60. The molecular formula is C7H14ClNO2. The van der Waals surface area contributed by atoms with Gasteiger partial charge in [0.05, 0.1) is 13.2 Å². The molecule has 0 saturated carbocycles. The van der Waals surface area contributed by atoms with E-state index in [9.17, 15) is 4.79 Å². The van der Waals surface area contributed by atoms with E-state index in [2.05, 4.69) is 0 Å². The van der Waals surface area contributed by atoms with Crippen molar-refractivity contribution in [1.29, 1.82) is 0 Å². The Labute approximate surface area is 72.3 Å². The number of nitrogens with zero attached hydrogens (tertiary/aromatic N) is 1. The Morgan fingerprint density at radius 1 is 1.64 bits per heavy atom. The fourth-order valence-electron chi connectivity index (χ4n) is 0.650. The van der Waals surface area contributed by atoms with E-state index in [0.717, 1.165) is 0 Å². The quantitative estimate of drug-likeness (QED) is 0.460. The van der Waals surface area contributed by atoms with E-state index in [1.807, 2.05) is 11.9 Å². The van der Waals surface area contributed by atoms with Crippen molar-refractivity contribution in [2.45, 2.75) is 6.92 Å². The van der Waals surface area contributed by atoms with Gasteiger partial charge in [-0.1, -0.05) is 0 Å². The van der Waals surface area contributed by atoms with E-state index >= 15 is 0 Å². The molecule has 0 aromatic rings. The van der Waals surface area contributed by atoms with E-state index in [0.29, 0.717) is 25.6 Å². The number of esters is 1. The highest BCUT2D eigenvalue weighted by Gasteiger charge is 2.04. The molecule has 0 aliphatic carbocycles. The molecule has 0 fully saturated rings. The third kappa shape index (κ3) is 6.13. The van der Waals surface area contributed by atoms with Crippen molar-refractivity contribution in [3.05, 3.63) is 0 Å². The van der Waals surface area contributed by atoms with Gasteiger partial charge in [0.25, 0.3) is 0 Å². The maximum Gasteiger partial charge on any atom is 0.320 e. The second kappa shape index (κ2) is 6.43. The Bertz CT molecular complexity index is 119. The van der Waals surface area contributed by atoms with E-state index < -0.39 is 0 Å². The minimum atomic E-state index is -0.194. The Kier molecular flexibility index (Phi) is 6.27. The second-order valence-electron chi connectivity index (χ2n) is 2.23. The van der Waals surface area contributed by atoms with Crippen LogP contribution in [0.2, 0.25) is 0 Å². The monoisotopic (exact) mass is 179 g/mol. The van der Waals surface area contributed by atoms with Crippen molar-refractivity contribution in [3.8, 4) is 0 Å². The van der Waals surface area contributed by atoms with Gasteiger partial charge in [0, 0.05) is 12.4 Å². The van der Waals surface area contributed by atoms with Crippen molar-refractivity contribution in [2.75, 3.05) is 32.6 Å². The first-order chi connectivity index (χ1) is 5.20. The van der Waals surface area contributed by atoms with Gasteiger partial charge >= 0.3 is 5.97 Å². The Balaban J connectivity index is 3.40. The fourth-order valence-corrected chi connectivity index (χ4v) is 0.939. The number of rotatable bonds is 5. The molecule has 0 heterocycles. The van der Waals surface area contributed by atoms with Crippen LogP contribution in [0.4, 0.5) is 0 Å². The summed E-state index contributed by atoms with van der Waals surface area (Å²) in [4.78, 5) is 12.6. The minimum Gasteiger partial charge on any atom is -0.465 e. The van der Waals surface area contributed by atoms with E-state index in [1.54, 1.807) is 6.92 Å². The molecule has 0 aliphatic heterocycles. The van der Waals surface area contributed by atoms with Crippen LogP contribution >= 0.6 is 11.6 Å². The minimum absolute atomic E-state index is 0.194. The molecule has 66 valence electrons. The maximum atomic E-state index is 10.8. The van der Waals surface area contributed by atoms with Crippen molar-refractivity contribution < 1.29 is 9.53 Å². The highest BCUT2D eigenvalue weighted by atomic mass is 35.5. The smallest absolute Gasteiger partial charge is 0.320 e. The molecule has 0 aliphatic rings. The normalized spacial score (nSPS) is 10.2. The molecule has 0 saturated heterocycles. The van der Waals surface area contributed by atoms with Gasteiger partial charge in [-0.25, -0.2) is 0 Å². The van der Waals surface area contributed by atoms with Crippen LogP contribution in [-0.2, 0) is 9.53 Å². The summed E-state index contributed by atoms with van der Waals surface area (Å²) in [6.45, 7) is 3.26. The van der Waals surface area contributed by atoms with E-state index in [1.165, 1.54) is 0 Å². The molecule has 0 atom stereocenters. The Morgan fingerprint density at radius 2 is 2.27 bits per heavy atom. The lowest BCUT2D eigenvalue weighted by molar-refractivity contribution is -0.144. The second-order valence-corrected chi connectivity index (χ2v) is 2.61. The predicted molar refractivity (Wildman–Crippen MR) is 44.9 cm³/mol. The summed E-state index contributed by atoms with van der Waals surface area (Å²) < 4.78 is 4.74. The molecule has 4 heteroatoms. The first-order valence-corrected chi connectivity index (χ1v) is 4.14. The summed E-state index contributed by atoms with van der Waals surface area (Å²) in [5, 5.41) is 0. The lowest BCUT2D eigenvalue weighted by Crippen LogP contribution is -2.28. The van der Waals surface area contributed by atoms with Crippen LogP contribution in [0.3, 0.4) is 0 Å². The van der Waals surface area contributed by atoms with Crippen LogP contribution in [0, 0.1) is 0 Å². The molecule has 0 aromatic heterocycles. The maximum absolute atomic E-state index is 10.8. The molecule has 0 aromatic carbocycles. The van der Waals surface area contributed by atoms with Gasteiger partial charge < -0.3 is 4.74 Å². The molecule has 0 rings (SSSR count). The SMILES string of the molecule is CCOC(=O)CN(C)CCCl. The molecular weight excluding hydrogens is 166 g/mol. The van der Waals surface area contributed by atoms with Crippen LogP contribution in [0.5, 0.6) is 0 Å². The van der Waals surface area contributed by atoms with Crippen molar-refractivity contribution in [1.82, 2.24) is 4.90 Å². The highest BCUT2D eigenvalue weighted by molar-refractivity contribution is 6.18. The van der Waals surface area contributed by atoms with Crippen molar-refractivity contribution in [2.24, 2.45) is 0 Å². The largest absolute Gasteiger partial charge is 0.465 e. The molecule has 0 unspecified atom stereocenters. The molecule has 0 amide bonds. The number of ether oxygens (including phenoxy) is 1. The zero-order valence-corrected chi connectivity index (χ0v) is 7.73. The number of halogens is 1. The third-order valence-electron chi connectivity index (χ3n) is 1.17. The molecule has 11 heavy (non-hydrogen) atoms. The average Bonchev–Trinajstić information content (AvgIpc) is 1.87. The number of hydrogen-bond acceptors (Lipinski definition) is 3. The van der Waals surface area contributed by atoms with Crippen molar-refractivity contribution in [3.63, 3.8) is 0 Å². The van der Waals surface area contributed by atoms with Crippen LogP contribution in [0.15, 0.2) is 0 Å². The zero-order valence-electron chi connectivity index (χ0n) is 6.97. The first kappa shape index (κ1) is 10.7. The summed E-state index contributed by atoms with van der Waals surface area (Å²) in [5.41, 5.74) is 0. The van der Waals surface area contributed by atoms with Crippen molar-refractivity contribution >= 4 is 17.6 Å². The van der Waals surface area contributed by atoms with Gasteiger partial charge in [0.2, 0.25) is 0 Å². The molecule has 0 bridgehead atoms. The van der Waals surface area contributed by atoms with Gasteiger partial charge in [-0.2, -0.15) is 0 Å². The summed E-state index contributed by atoms with van der Waals surface area (Å²) in [5.74, 6) is 0.343. The predicted octanol–water partition coefficient (Wildman–Crippen LogP) is 0.720. The molecule has 0 radical (unpaired) electrons. The summed E-state index contributed by atoms with van der Waals surface area (Å²) in [6.07, 6.45) is 0. The van der Waals surface area contributed by atoms with Gasteiger partial charge in [-0.15, -0.1) is 11.6 Å². The molecule has 0 spiro atoms. The number of carbonyl (C=O) groups excluding carboxylic acids is 1. The van der Waals surface area contributed by atoms with Gasteiger partial charge in [-0.3, -0.25) is 9.69 Å². The average molecular weight is 180 g/mol. The Morgan fingerprint density at radius 3 is 2.73 bits per heavy atom. The van der Waals surface area contributed by atoms with E-state index in [-0.39, 0.29) is 5.97 Å². The Hall–Kier alpha value is -0.280. The number of likely N-dealkylation sites (N-methyl/N-ethyl adjacent to an activating group) is 1. The number of hydrogen-bond donors (Lipinski definition) is 0. The lowest BCUT2D eigenvalue weighted by Gasteiger charge is -2.12. The number of alkyl halides is 1. The zero-order chi connectivity index (χ0) is 8.69. The van der Waals surface area contributed by atoms with Crippen LogP contribution in [-0.4, -0.2) is 43.5 Å². The van der Waals surface area contributed by atoms with Gasteiger partial charge in [0.15, 0.2) is 0 Å². The molecule has 3 nitrogen and oxygen atoms in total. The third-order valence-corrected chi connectivity index (χ3v) is 1.34. The standard InChI is InChI=1S/C7H14ClNO2/c1-3-11-7(10)6-9(2)5-4-8/h3-6H2,1-2H3. The van der Waals surface area contributed by atoms with Gasteiger partial charge in [-0.05, 0) is 14.0 Å². The fraction of sp³-hybridized carbons (Fsp3) is 0.857. The lowest BCUT2D eigenvalue weighted by atomic mass is 10.5. The number of carbonyl (C=O) groups is 1. The topological polar surface area (TPSA) is 29.5 Å². The summed E-state index contributed by atoms with van der Waals surface area (Å²) >= 11 is 5.46. The summed E-state index contributed by atoms with van der Waals surface area (Å²) in [6, 6.07) is 0. The molecule has 0 N–H and O–H groups in total. The van der Waals surface area contributed by atoms with Crippen LogP contribution < -0.4 is 0 Å². The highest BCUT2D eigenvalue weighted by Crippen LogP contribution is 1.86. The summed E-state index contributed by atoms with van der Waals surface area (Å²) in [7, 11) is 1.83.